The molecule has 0 spiro atoms. The number of hydrogen-bond donors (Lipinski definition) is 1. The number of aliphatic carboxylic acids is 1. The highest BCUT2D eigenvalue weighted by Crippen LogP contribution is 2.09. The van der Waals surface area contributed by atoms with Crippen LogP contribution in [0.3, 0.4) is 0 Å². The van der Waals surface area contributed by atoms with Crippen molar-refractivity contribution in [1.29, 1.82) is 0 Å². The molecule has 0 amide bonds. The number of rotatable bonds is 5. The van der Waals surface area contributed by atoms with Crippen molar-refractivity contribution in [2.24, 2.45) is 0 Å². The maximum Gasteiger partial charge on any atom is 0.358 e. The van der Waals surface area contributed by atoms with Crippen LogP contribution in [0.4, 0.5) is 5.82 Å². The van der Waals surface area contributed by atoms with E-state index in [2.05, 4.69) is 20.6 Å². The third-order valence-electron chi connectivity index (χ3n) is 1.95. The van der Waals surface area contributed by atoms with Crippen LogP contribution in [0.25, 0.3) is 0 Å². The normalized spacial score (nSPS) is 9.33. The second kappa shape index (κ2) is 6.20. The molecule has 0 saturated carbocycles. The van der Waals surface area contributed by atoms with E-state index in [-0.39, 0.29) is 24.6 Å². The van der Waals surface area contributed by atoms with E-state index in [0.717, 1.165) is 0 Å². The summed E-state index contributed by atoms with van der Waals surface area (Å²) in [5, 5.41) is 8.75. The van der Waals surface area contributed by atoms with Crippen molar-refractivity contribution >= 4 is 17.8 Å². The number of hydrogen-bond acceptors (Lipinski definition) is 6. The second-order valence-electron chi connectivity index (χ2n) is 3.21. The molecule has 0 aliphatic heterocycles. The number of carboxylic acid groups (broad SMARTS) is 1. The smallest absolute Gasteiger partial charge is 0.358 e. The molecule has 7 nitrogen and oxygen atoms in total. The summed E-state index contributed by atoms with van der Waals surface area (Å²) in [6.07, 6.45) is 7.69. The number of aromatic nitrogens is 2. The molecule has 0 aromatic carbocycles. The van der Waals surface area contributed by atoms with Crippen molar-refractivity contribution < 1.29 is 19.4 Å². The van der Waals surface area contributed by atoms with Gasteiger partial charge in [0.05, 0.1) is 26.0 Å². The Morgan fingerprint density at radius 2 is 2.28 bits per heavy atom. The molecule has 0 fully saturated rings. The Labute approximate surface area is 103 Å². The first kappa shape index (κ1) is 13.4. The number of ether oxygens (including phenoxy) is 1. The third kappa shape index (κ3) is 3.45. The van der Waals surface area contributed by atoms with E-state index in [9.17, 15) is 9.59 Å². The van der Waals surface area contributed by atoms with E-state index >= 15 is 0 Å². The first-order chi connectivity index (χ1) is 8.58. The van der Waals surface area contributed by atoms with E-state index in [1.54, 1.807) is 0 Å². The van der Waals surface area contributed by atoms with Gasteiger partial charge < -0.3 is 14.7 Å². The molecule has 1 aromatic rings. The van der Waals surface area contributed by atoms with E-state index in [4.69, 9.17) is 11.5 Å². The molecule has 0 unspecified atom stereocenters. The van der Waals surface area contributed by atoms with Gasteiger partial charge in [0.1, 0.15) is 12.4 Å². The fourth-order valence-electron chi connectivity index (χ4n) is 1.20. The summed E-state index contributed by atoms with van der Waals surface area (Å²) in [4.78, 5) is 31.0. The predicted octanol–water partition coefficient (Wildman–Crippen LogP) is -0.213. The zero-order valence-corrected chi connectivity index (χ0v) is 9.66. The van der Waals surface area contributed by atoms with E-state index in [0.29, 0.717) is 0 Å². The van der Waals surface area contributed by atoms with Crippen LogP contribution in [0.1, 0.15) is 10.5 Å². The van der Waals surface area contributed by atoms with Crippen LogP contribution in [-0.2, 0) is 9.53 Å². The van der Waals surface area contributed by atoms with Gasteiger partial charge in [0, 0.05) is 0 Å². The number of esters is 1. The highest BCUT2D eigenvalue weighted by Gasteiger charge is 2.14. The monoisotopic (exact) mass is 249 g/mol. The molecule has 1 aromatic heterocycles. The molecular formula is C11H11N3O4. The van der Waals surface area contributed by atoms with Crippen LogP contribution in [-0.4, -0.2) is 47.2 Å². The minimum Gasteiger partial charge on any atom is -0.480 e. The molecule has 0 radical (unpaired) electrons. The predicted molar refractivity (Wildman–Crippen MR) is 62.1 cm³/mol. The van der Waals surface area contributed by atoms with Crippen LogP contribution in [0, 0.1) is 12.3 Å². The SMILES string of the molecule is C#CCN(CC(=O)O)c1cncc(C(=O)OC)n1. The van der Waals surface area contributed by atoms with Crippen molar-refractivity contribution in [1.82, 2.24) is 9.97 Å². The highest BCUT2D eigenvalue weighted by molar-refractivity contribution is 5.87. The third-order valence-corrected chi connectivity index (χ3v) is 1.95. The lowest BCUT2D eigenvalue weighted by atomic mass is 10.4. The quantitative estimate of drug-likeness (QED) is 0.570. The molecule has 1 rings (SSSR count). The summed E-state index contributed by atoms with van der Waals surface area (Å²) in [6, 6.07) is 0. The molecule has 94 valence electrons. The first-order valence-corrected chi connectivity index (χ1v) is 4.89. The molecule has 7 heteroatoms. The summed E-state index contributed by atoms with van der Waals surface area (Å²) in [7, 11) is 1.22. The lowest BCUT2D eigenvalue weighted by molar-refractivity contribution is -0.135. The fraction of sp³-hybridized carbons (Fsp3) is 0.273. The van der Waals surface area contributed by atoms with Gasteiger partial charge in [-0.05, 0) is 0 Å². The first-order valence-electron chi connectivity index (χ1n) is 4.89. The Balaban J connectivity index is 3.01. The average Bonchev–Trinajstić information content (AvgIpc) is 2.37. The van der Waals surface area contributed by atoms with Gasteiger partial charge in [-0.15, -0.1) is 6.42 Å². The number of terminal acetylenes is 1. The minimum absolute atomic E-state index is 0.0117. The van der Waals surface area contributed by atoms with Gasteiger partial charge in [0.2, 0.25) is 0 Å². The van der Waals surface area contributed by atoms with E-state index in [1.807, 2.05) is 0 Å². The fourth-order valence-corrected chi connectivity index (χ4v) is 1.20. The van der Waals surface area contributed by atoms with Crippen LogP contribution in [0.15, 0.2) is 12.4 Å². The lowest BCUT2D eigenvalue weighted by Gasteiger charge is -2.18. The van der Waals surface area contributed by atoms with Gasteiger partial charge in [-0.2, -0.15) is 0 Å². The molecule has 1 N–H and O–H groups in total. The van der Waals surface area contributed by atoms with E-state index < -0.39 is 11.9 Å². The van der Waals surface area contributed by atoms with Crippen molar-refractivity contribution in [3.63, 3.8) is 0 Å². The summed E-state index contributed by atoms with van der Waals surface area (Å²) in [5.41, 5.74) is -0.0117. The van der Waals surface area contributed by atoms with Crippen LogP contribution in [0.5, 0.6) is 0 Å². The number of methoxy groups -OCH3 is 1. The minimum atomic E-state index is -1.06. The van der Waals surface area contributed by atoms with Crippen LogP contribution in [0.2, 0.25) is 0 Å². The van der Waals surface area contributed by atoms with Crippen molar-refractivity contribution in [3.8, 4) is 12.3 Å². The largest absolute Gasteiger partial charge is 0.480 e. The summed E-state index contributed by atoms with van der Waals surface area (Å²) >= 11 is 0. The highest BCUT2D eigenvalue weighted by atomic mass is 16.5. The Hall–Kier alpha value is -2.62. The Morgan fingerprint density at radius 1 is 1.56 bits per heavy atom. The Bertz CT molecular complexity index is 495. The molecule has 0 saturated heterocycles. The number of anilines is 1. The van der Waals surface area contributed by atoms with Crippen molar-refractivity contribution in [3.05, 3.63) is 18.1 Å². The van der Waals surface area contributed by atoms with Gasteiger partial charge >= 0.3 is 11.9 Å². The topological polar surface area (TPSA) is 92.6 Å². The molecule has 0 bridgehead atoms. The zero-order chi connectivity index (χ0) is 13.5. The Morgan fingerprint density at radius 3 is 2.83 bits per heavy atom. The molecule has 0 atom stereocenters. The van der Waals surface area contributed by atoms with Crippen molar-refractivity contribution in [2.45, 2.75) is 0 Å². The van der Waals surface area contributed by atoms with Gasteiger partial charge in [0.25, 0.3) is 0 Å². The van der Waals surface area contributed by atoms with Gasteiger partial charge in [-0.1, -0.05) is 5.92 Å². The number of nitrogens with zero attached hydrogens (tertiary/aromatic N) is 3. The zero-order valence-electron chi connectivity index (χ0n) is 9.66. The second-order valence-corrected chi connectivity index (χ2v) is 3.21. The van der Waals surface area contributed by atoms with Crippen molar-refractivity contribution in [2.75, 3.05) is 25.1 Å². The van der Waals surface area contributed by atoms with Crippen LogP contribution >= 0.6 is 0 Å². The van der Waals surface area contributed by atoms with Crippen LogP contribution < -0.4 is 4.90 Å². The standard InChI is InChI=1S/C11H11N3O4/c1-3-4-14(7-10(15)16)9-6-12-5-8(13-9)11(17)18-2/h1,5-6H,4,7H2,2H3,(H,15,16). The van der Waals surface area contributed by atoms with Gasteiger partial charge in [-0.25, -0.2) is 9.78 Å². The molecule has 0 aliphatic rings. The van der Waals surface area contributed by atoms with Gasteiger partial charge in [0.15, 0.2) is 5.69 Å². The molecule has 18 heavy (non-hydrogen) atoms. The molecule has 1 heterocycles. The maximum absolute atomic E-state index is 11.3. The lowest BCUT2D eigenvalue weighted by Crippen LogP contribution is -2.31. The summed E-state index contributed by atoms with van der Waals surface area (Å²) < 4.78 is 4.50. The summed E-state index contributed by atoms with van der Waals surface area (Å²) in [5.74, 6) is 0.807. The molecule has 0 aliphatic carbocycles. The van der Waals surface area contributed by atoms with E-state index in [1.165, 1.54) is 24.4 Å². The van der Waals surface area contributed by atoms with Gasteiger partial charge in [-0.3, -0.25) is 9.78 Å². The number of carbonyl (C=O) groups is 2. The molecular weight excluding hydrogens is 238 g/mol. The maximum atomic E-state index is 11.3. The Kier molecular flexibility index (Phi) is 4.63. The number of carbonyl (C=O) groups excluding carboxylic acids is 1. The summed E-state index contributed by atoms with van der Waals surface area (Å²) in [6.45, 7) is -0.283. The number of carboxylic acids is 1. The average molecular weight is 249 g/mol.